The molecule has 0 saturated carbocycles. The minimum atomic E-state index is -0.361. The third kappa shape index (κ3) is 1.94. The molecule has 0 radical (unpaired) electrons. The van der Waals surface area contributed by atoms with Crippen LogP contribution in [0.4, 0.5) is 0 Å². The predicted octanol–water partition coefficient (Wildman–Crippen LogP) is 2.92. The summed E-state index contributed by atoms with van der Waals surface area (Å²) in [6.45, 7) is 4.16. The minimum Gasteiger partial charge on any atom is -0.496 e. The number of fused-ring (bicyclic) bond motifs is 1. The third-order valence-electron chi connectivity index (χ3n) is 3.21. The van der Waals surface area contributed by atoms with E-state index in [9.17, 15) is 5.11 Å². The van der Waals surface area contributed by atoms with Gasteiger partial charge in [0.1, 0.15) is 5.75 Å². The highest BCUT2D eigenvalue weighted by atomic mass is 32.2. The van der Waals surface area contributed by atoms with Crippen LogP contribution >= 0.6 is 11.8 Å². The quantitative estimate of drug-likeness (QED) is 0.815. The number of rotatable bonds is 1. The molecule has 0 bridgehead atoms. The van der Waals surface area contributed by atoms with Crippen LogP contribution in [0.2, 0.25) is 0 Å². The number of aryl methyl sites for hydroxylation is 1. The molecule has 1 aromatic carbocycles. The van der Waals surface area contributed by atoms with Gasteiger partial charge in [0.05, 0.1) is 13.2 Å². The summed E-state index contributed by atoms with van der Waals surface area (Å²) in [6, 6.07) is 4.03. The molecule has 0 fully saturated rings. The summed E-state index contributed by atoms with van der Waals surface area (Å²) in [5, 5.41) is 10.3. The number of hydrogen-bond acceptors (Lipinski definition) is 3. The molecule has 0 aliphatic carbocycles. The van der Waals surface area contributed by atoms with Gasteiger partial charge in [-0.05, 0) is 35.8 Å². The summed E-state index contributed by atoms with van der Waals surface area (Å²) < 4.78 is 5.38. The minimum absolute atomic E-state index is 0.303. The summed E-state index contributed by atoms with van der Waals surface area (Å²) in [5.41, 5.74) is 3.42. The first kappa shape index (κ1) is 11.8. The second kappa shape index (κ2) is 4.68. The van der Waals surface area contributed by atoms with Crippen molar-refractivity contribution in [3.63, 3.8) is 0 Å². The molecule has 1 aliphatic heterocycles. The summed E-state index contributed by atoms with van der Waals surface area (Å²) >= 11 is 1.87. The van der Waals surface area contributed by atoms with E-state index in [0.717, 1.165) is 28.4 Å². The average Bonchev–Trinajstić information content (AvgIpc) is 2.41. The molecule has 2 atom stereocenters. The van der Waals surface area contributed by atoms with Crippen LogP contribution in [-0.4, -0.2) is 18.0 Å². The fourth-order valence-corrected chi connectivity index (χ4v) is 3.41. The van der Waals surface area contributed by atoms with Crippen molar-refractivity contribution in [3.05, 3.63) is 28.8 Å². The van der Waals surface area contributed by atoms with E-state index < -0.39 is 0 Å². The molecular weight excluding hydrogens is 220 g/mol. The zero-order chi connectivity index (χ0) is 11.7. The Labute approximate surface area is 101 Å². The summed E-state index contributed by atoms with van der Waals surface area (Å²) in [4.78, 5) is 0. The normalized spacial score (nSPS) is 24.8. The number of aliphatic hydroxyl groups excluding tert-OH is 1. The molecular formula is C13H18O2S. The second-order valence-corrected chi connectivity index (χ2v) is 5.44. The molecule has 16 heavy (non-hydrogen) atoms. The number of methoxy groups -OCH3 is 1. The Morgan fingerprint density at radius 3 is 2.88 bits per heavy atom. The average molecular weight is 238 g/mol. The number of aliphatic hydroxyl groups is 1. The summed E-state index contributed by atoms with van der Waals surface area (Å²) in [5.74, 6) is 3.14. The Morgan fingerprint density at radius 1 is 1.44 bits per heavy atom. The molecule has 1 heterocycles. The molecule has 0 saturated heterocycles. The molecule has 2 unspecified atom stereocenters. The highest BCUT2D eigenvalue weighted by molar-refractivity contribution is 7.98. The van der Waals surface area contributed by atoms with E-state index in [1.165, 1.54) is 5.56 Å². The number of thioether (sulfide) groups is 1. The monoisotopic (exact) mass is 238 g/mol. The van der Waals surface area contributed by atoms with Crippen molar-refractivity contribution in [2.75, 3.05) is 12.9 Å². The van der Waals surface area contributed by atoms with E-state index in [0.29, 0.717) is 5.92 Å². The van der Waals surface area contributed by atoms with Crippen LogP contribution in [0.3, 0.4) is 0 Å². The maximum atomic E-state index is 10.3. The molecule has 0 aromatic heterocycles. The van der Waals surface area contributed by atoms with Crippen LogP contribution in [0, 0.1) is 12.8 Å². The van der Waals surface area contributed by atoms with Crippen molar-refractivity contribution < 1.29 is 9.84 Å². The molecule has 88 valence electrons. The fraction of sp³-hybridized carbons (Fsp3) is 0.538. The summed E-state index contributed by atoms with van der Waals surface area (Å²) in [6.07, 6.45) is -0.361. The molecule has 0 spiro atoms. The first-order valence-electron chi connectivity index (χ1n) is 5.57. The maximum absolute atomic E-state index is 10.3. The lowest BCUT2D eigenvalue weighted by atomic mass is 9.91. The predicted molar refractivity (Wildman–Crippen MR) is 68.0 cm³/mol. The van der Waals surface area contributed by atoms with Gasteiger partial charge in [-0.25, -0.2) is 0 Å². The maximum Gasteiger partial charge on any atom is 0.123 e. The zero-order valence-electron chi connectivity index (χ0n) is 9.99. The second-order valence-electron chi connectivity index (χ2n) is 4.41. The van der Waals surface area contributed by atoms with E-state index in [4.69, 9.17) is 4.74 Å². The zero-order valence-corrected chi connectivity index (χ0v) is 10.8. The Morgan fingerprint density at radius 2 is 2.19 bits per heavy atom. The van der Waals surface area contributed by atoms with Crippen molar-refractivity contribution in [2.24, 2.45) is 5.92 Å². The van der Waals surface area contributed by atoms with Gasteiger partial charge in [-0.15, -0.1) is 0 Å². The van der Waals surface area contributed by atoms with E-state index in [1.807, 2.05) is 23.9 Å². The van der Waals surface area contributed by atoms with Gasteiger partial charge in [0.2, 0.25) is 0 Å². The number of ether oxygens (including phenoxy) is 1. The van der Waals surface area contributed by atoms with Gasteiger partial charge in [0, 0.05) is 11.3 Å². The lowest BCUT2D eigenvalue weighted by Gasteiger charge is -2.20. The van der Waals surface area contributed by atoms with Crippen molar-refractivity contribution in [1.29, 1.82) is 0 Å². The molecule has 0 amide bonds. The number of hydrogen-bond donors (Lipinski definition) is 1. The fourth-order valence-electron chi connectivity index (χ4n) is 2.24. The lowest BCUT2D eigenvalue weighted by Crippen LogP contribution is -2.12. The van der Waals surface area contributed by atoms with Gasteiger partial charge in [-0.3, -0.25) is 0 Å². The lowest BCUT2D eigenvalue weighted by molar-refractivity contribution is 0.128. The largest absolute Gasteiger partial charge is 0.496 e. The first-order valence-corrected chi connectivity index (χ1v) is 6.72. The van der Waals surface area contributed by atoms with Gasteiger partial charge in [-0.1, -0.05) is 13.0 Å². The Bertz CT molecular complexity index is 390. The van der Waals surface area contributed by atoms with Crippen LogP contribution in [0.5, 0.6) is 5.75 Å². The van der Waals surface area contributed by atoms with Gasteiger partial charge >= 0.3 is 0 Å². The molecule has 3 heteroatoms. The highest BCUT2D eigenvalue weighted by Crippen LogP contribution is 2.40. The van der Waals surface area contributed by atoms with Crippen LogP contribution in [-0.2, 0) is 5.75 Å². The Hall–Kier alpha value is -0.670. The van der Waals surface area contributed by atoms with Crippen LogP contribution in [0.25, 0.3) is 0 Å². The third-order valence-corrected chi connectivity index (χ3v) is 4.47. The SMILES string of the molecule is COc1ccc(C)c2c1CSCC(C)C2O. The smallest absolute Gasteiger partial charge is 0.123 e. The Balaban J connectivity index is 2.57. The van der Waals surface area contributed by atoms with Crippen molar-refractivity contribution in [3.8, 4) is 5.75 Å². The molecule has 1 aliphatic rings. The van der Waals surface area contributed by atoms with Gasteiger partial charge < -0.3 is 9.84 Å². The van der Waals surface area contributed by atoms with E-state index in [-0.39, 0.29) is 6.10 Å². The van der Waals surface area contributed by atoms with Crippen LogP contribution in [0.1, 0.15) is 29.7 Å². The van der Waals surface area contributed by atoms with Crippen molar-refractivity contribution in [1.82, 2.24) is 0 Å². The summed E-state index contributed by atoms with van der Waals surface area (Å²) in [7, 11) is 1.69. The Kier molecular flexibility index (Phi) is 3.45. The van der Waals surface area contributed by atoms with E-state index >= 15 is 0 Å². The van der Waals surface area contributed by atoms with Crippen molar-refractivity contribution in [2.45, 2.75) is 25.7 Å². The topological polar surface area (TPSA) is 29.5 Å². The van der Waals surface area contributed by atoms with Gasteiger partial charge in [0.15, 0.2) is 0 Å². The molecule has 2 nitrogen and oxygen atoms in total. The van der Waals surface area contributed by atoms with Gasteiger partial charge in [-0.2, -0.15) is 11.8 Å². The van der Waals surface area contributed by atoms with E-state index in [2.05, 4.69) is 13.8 Å². The van der Waals surface area contributed by atoms with Crippen molar-refractivity contribution >= 4 is 11.8 Å². The molecule has 2 rings (SSSR count). The number of benzene rings is 1. The van der Waals surface area contributed by atoms with Gasteiger partial charge in [0.25, 0.3) is 0 Å². The highest BCUT2D eigenvalue weighted by Gasteiger charge is 2.26. The molecule has 1 aromatic rings. The first-order chi connectivity index (χ1) is 7.65. The van der Waals surface area contributed by atoms with Crippen LogP contribution in [0.15, 0.2) is 12.1 Å². The van der Waals surface area contributed by atoms with Crippen LogP contribution < -0.4 is 4.74 Å². The van der Waals surface area contributed by atoms with E-state index in [1.54, 1.807) is 7.11 Å². The standard InChI is InChI=1S/C13H18O2S/c1-8-4-5-11(15-3)10-7-16-6-9(2)13(14)12(8)10/h4-5,9,13-14H,6-7H2,1-3H3. The molecule has 1 N–H and O–H groups in total.